The molecule has 1 rings (SSSR count). The van der Waals surface area contributed by atoms with Crippen LogP contribution >= 0.6 is 0 Å². The number of rotatable bonds is 2. The van der Waals surface area contributed by atoms with Gasteiger partial charge in [-0.3, -0.25) is 4.79 Å². The summed E-state index contributed by atoms with van der Waals surface area (Å²) in [6.45, 7) is 0. The molecule has 5 heteroatoms. The summed E-state index contributed by atoms with van der Waals surface area (Å²) in [6, 6.07) is 2.59. The number of carbonyl (C=O) groups is 1. The molecule has 0 spiro atoms. The summed E-state index contributed by atoms with van der Waals surface area (Å²) in [7, 11) is 1.27. The van der Waals surface area contributed by atoms with E-state index in [1.54, 1.807) is 0 Å². The fourth-order valence-electron chi connectivity index (χ4n) is 1.04. The van der Waals surface area contributed by atoms with Crippen LogP contribution in [0.5, 0.6) is 0 Å². The van der Waals surface area contributed by atoms with Gasteiger partial charge in [0.15, 0.2) is 0 Å². The monoisotopic (exact) mass is 198 g/mol. The minimum absolute atomic E-state index is 0.00713. The van der Waals surface area contributed by atoms with E-state index >= 15 is 0 Å². The molecule has 4 N–H and O–H groups in total. The van der Waals surface area contributed by atoms with Gasteiger partial charge in [0, 0.05) is 0 Å². The van der Waals surface area contributed by atoms with E-state index in [9.17, 15) is 9.18 Å². The van der Waals surface area contributed by atoms with Gasteiger partial charge < -0.3 is 16.2 Å². The van der Waals surface area contributed by atoms with Crippen LogP contribution in [0, 0.1) is 5.82 Å². The Bertz CT molecular complexity index is 366. The van der Waals surface area contributed by atoms with E-state index in [0.717, 1.165) is 0 Å². The minimum atomic E-state index is -0.587. The van der Waals surface area contributed by atoms with E-state index in [2.05, 4.69) is 4.74 Å². The number of anilines is 2. The topological polar surface area (TPSA) is 78.3 Å². The summed E-state index contributed by atoms with van der Waals surface area (Å²) in [6.07, 6.45) is -0.00713. The summed E-state index contributed by atoms with van der Waals surface area (Å²) < 4.78 is 17.3. The summed E-state index contributed by atoms with van der Waals surface area (Å²) in [5, 5.41) is 0. The molecule has 14 heavy (non-hydrogen) atoms. The summed E-state index contributed by atoms with van der Waals surface area (Å²) in [5.41, 5.74) is 11.3. The molecule has 4 nitrogen and oxygen atoms in total. The number of esters is 1. The molecule has 0 aliphatic rings. The molecule has 0 unspecified atom stereocenters. The van der Waals surface area contributed by atoms with Crippen molar-refractivity contribution in [1.82, 2.24) is 0 Å². The second-order valence-electron chi connectivity index (χ2n) is 2.79. The lowest BCUT2D eigenvalue weighted by Gasteiger charge is -2.07. The smallest absolute Gasteiger partial charge is 0.310 e. The Morgan fingerprint density at radius 2 is 2.07 bits per heavy atom. The van der Waals surface area contributed by atoms with Crippen molar-refractivity contribution in [1.29, 1.82) is 0 Å². The maximum absolute atomic E-state index is 12.9. The number of hydrogen-bond acceptors (Lipinski definition) is 4. The molecular formula is C9H11FN2O2. The molecule has 0 saturated carbocycles. The lowest BCUT2D eigenvalue weighted by molar-refractivity contribution is -0.139. The van der Waals surface area contributed by atoms with Crippen molar-refractivity contribution in [3.63, 3.8) is 0 Å². The van der Waals surface area contributed by atoms with Crippen molar-refractivity contribution >= 4 is 17.3 Å². The van der Waals surface area contributed by atoms with Gasteiger partial charge in [-0.2, -0.15) is 0 Å². The Morgan fingerprint density at radius 3 is 2.64 bits per heavy atom. The van der Waals surface area contributed by atoms with E-state index in [0.29, 0.717) is 5.56 Å². The van der Waals surface area contributed by atoms with Crippen molar-refractivity contribution in [2.75, 3.05) is 18.6 Å². The molecule has 0 heterocycles. The van der Waals surface area contributed by atoms with Gasteiger partial charge in [-0.05, 0) is 11.6 Å². The van der Waals surface area contributed by atoms with Crippen molar-refractivity contribution < 1.29 is 13.9 Å². The Balaban J connectivity index is 3.00. The van der Waals surface area contributed by atoms with Gasteiger partial charge in [0.05, 0.1) is 24.9 Å². The molecule has 0 saturated heterocycles. The third-order valence-electron chi connectivity index (χ3n) is 1.89. The van der Waals surface area contributed by atoms with Gasteiger partial charge in [-0.15, -0.1) is 0 Å². The van der Waals surface area contributed by atoms with Crippen LogP contribution in [-0.4, -0.2) is 13.1 Å². The number of nitrogens with two attached hydrogens (primary N) is 2. The van der Waals surface area contributed by atoms with Gasteiger partial charge in [-0.1, -0.05) is 6.07 Å². The molecule has 0 amide bonds. The standard InChI is InChI=1S/C9H11FN2O2/c1-14-7(13)4-5-2-3-6(10)9(12)8(5)11/h2-3H,4,11-12H2,1H3. The molecule has 0 aliphatic heterocycles. The van der Waals surface area contributed by atoms with E-state index < -0.39 is 11.8 Å². The Kier molecular flexibility index (Phi) is 2.91. The number of methoxy groups -OCH3 is 1. The van der Waals surface area contributed by atoms with Crippen LogP contribution in [0.4, 0.5) is 15.8 Å². The largest absolute Gasteiger partial charge is 0.469 e. The predicted octanol–water partition coefficient (Wildman–Crippen LogP) is 0.706. The molecule has 0 atom stereocenters. The van der Waals surface area contributed by atoms with E-state index in [4.69, 9.17) is 11.5 Å². The Labute approximate surface area is 80.6 Å². The molecule has 0 aromatic heterocycles. The lowest BCUT2D eigenvalue weighted by Crippen LogP contribution is -2.09. The third-order valence-corrected chi connectivity index (χ3v) is 1.89. The fraction of sp³-hybridized carbons (Fsp3) is 0.222. The molecule has 76 valence electrons. The van der Waals surface area contributed by atoms with Gasteiger partial charge in [0.1, 0.15) is 5.82 Å². The van der Waals surface area contributed by atoms with Gasteiger partial charge in [0.25, 0.3) is 0 Å². The van der Waals surface area contributed by atoms with Crippen LogP contribution in [0.25, 0.3) is 0 Å². The first-order valence-corrected chi connectivity index (χ1v) is 3.95. The average Bonchev–Trinajstić information content (AvgIpc) is 2.19. The van der Waals surface area contributed by atoms with Crippen LogP contribution in [-0.2, 0) is 16.0 Å². The van der Waals surface area contributed by atoms with Crippen molar-refractivity contribution in [3.8, 4) is 0 Å². The summed E-state index contributed by atoms with van der Waals surface area (Å²) in [5.74, 6) is -1.03. The van der Waals surface area contributed by atoms with Crippen molar-refractivity contribution in [2.45, 2.75) is 6.42 Å². The molecule has 1 aromatic carbocycles. The Hall–Kier alpha value is -1.78. The Morgan fingerprint density at radius 1 is 1.43 bits per heavy atom. The number of carbonyl (C=O) groups excluding carboxylic acids is 1. The van der Waals surface area contributed by atoms with Gasteiger partial charge >= 0.3 is 5.97 Å². The predicted molar refractivity (Wildman–Crippen MR) is 50.9 cm³/mol. The molecule has 0 aliphatic carbocycles. The van der Waals surface area contributed by atoms with Crippen molar-refractivity contribution in [2.24, 2.45) is 0 Å². The number of hydrogen-bond donors (Lipinski definition) is 2. The quantitative estimate of drug-likeness (QED) is 0.541. The highest BCUT2D eigenvalue weighted by atomic mass is 19.1. The zero-order valence-corrected chi connectivity index (χ0v) is 7.71. The highest BCUT2D eigenvalue weighted by Crippen LogP contribution is 2.23. The zero-order valence-electron chi connectivity index (χ0n) is 7.71. The fourth-order valence-corrected chi connectivity index (χ4v) is 1.04. The first kappa shape index (κ1) is 10.3. The summed E-state index contributed by atoms with van der Waals surface area (Å²) >= 11 is 0. The average molecular weight is 198 g/mol. The van der Waals surface area contributed by atoms with Crippen LogP contribution in [0.1, 0.15) is 5.56 Å². The zero-order chi connectivity index (χ0) is 10.7. The van der Waals surface area contributed by atoms with Gasteiger partial charge in [0.2, 0.25) is 0 Å². The lowest BCUT2D eigenvalue weighted by atomic mass is 10.1. The SMILES string of the molecule is COC(=O)Cc1ccc(F)c(N)c1N. The first-order valence-electron chi connectivity index (χ1n) is 3.95. The van der Waals surface area contributed by atoms with E-state index in [1.807, 2.05) is 0 Å². The molecule has 0 radical (unpaired) electrons. The van der Waals surface area contributed by atoms with E-state index in [1.165, 1.54) is 19.2 Å². The molecular weight excluding hydrogens is 187 g/mol. The van der Waals surface area contributed by atoms with Crippen LogP contribution < -0.4 is 11.5 Å². The van der Waals surface area contributed by atoms with Crippen LogP contribution in [0.15, 0.2) is 12.1 Å². The number of benzene rings is 1. The number of nitrogen functional groups attached to an aromatic ring is 2. The number of halogens is 1. The maximum Gasteiger partial charge on any atom is 0.310 e. The highest BCUT2D eigenvalue weighted by molar-refractivity contribution is 5.78. The van der Waals surface area contributed by atoms with Gasteiger partial charge in [-0.25, -0.2) is 4.39 Å². The van der Waals surface area contributed by atoms with Crippen LogP contribution in [0.2, 0.25) is 0 Å². The second-order valence-corrected chi connectivity index (χ2v) is 2.79. The number of ether oxygens (including phenoxy) is 1. The van der Waals surface area contributed by atoms with Crippen LogP contribution in [0.3, 0.4) is 0 Å². The molecule has 1 aromatic rings. The second kappa shape index (κ2) is 3.95. The minimum Gasteiger partial charge on any atom is -0.469 e. The summed E-state index contributed by atoms with van der Waals surface area (Å²) in [4.78, 5) is 10.9. The third kappa shape index (κ3) is 1.93. The molecule has 0 fully saturated rings. The van der Waals surface area contributed by atoms with E-state index in [-0.39, 0.29) is 17.8 Å². The highest BCUT2D eigenvalue weighted by Gasteiger charge is 2.11. The van der Waals surface area contributed by atoms with Crippen molar-refractivity contribution in [3.05, 3.63) is 23.5 Å². The molecule has 0 bridgehead atoms. The normalized spacial score (nSPS) is 9.86. The first-order chi connectivity index (χ1) is 6.56. The maximum atomic E-state index is 12.9.